The monoisotopic (exact) mass is 254 g/mol. The first-order valence-corrected chi connectivity index (χ1v) is 5.90. The van der Waals surface area contributed by atoms with Gasteiger partial charge in [-0.2, -0.15) is 5.26 Å². The molecule has 2 rings (SSSR count). The van der Waals surface area contributed by atoms with E-state index in [1.54, 1.807) is 12.1 Å². The van der Waals surface area contributed by atoms with Gasteiger partial charge in [0, 0.05) is 0 Å². The van der Waals surface area contributed by atoms with Crippen molar-refractivity contribution in [2.75, 3.05) is 0 Å². The molecule has 19 heavy (non-hydrogen) atoms. The van der Waals surface area contributed by atoms with Gasteiger partial charge in [-0.05, 0) is 35.7 Å². The van der Waals surface area contributed by atoms with E-state index < -0.39 is 5.97 Å². The highest BCUT2D eigenvalue weighted by Crippen LogP contribution is 2.15. The summed E-state index contributed by atoms with van der Waals surface area (Å²) in [5, 5.41) is 8.34. The van der Waals surface area contributed by atoms with Gasteiger partial charge in [0.2, 0.25) is 0 Å². The average molecular weight is 254 g/mol. The van der Waals surface area contributed by atoms with Crippen molar-refractivity contribution >= 4 is 18.1 Å². The Hall–Kier alpha value is -2.39. The molecule has 0 fully saturated rings. The lowest BCUT2D eigenvalue weighted by Crippen LogP contribution is -2.02. The summed E-state index contributed by atoms with van der Waals surface area (Å²) in [5.74, 6) is -0.748. The third kappa shape index (κ3) is 3.30. The summed E-state index contributed by atoms with van der Waals surface area (Å²) < 4.78 is 0. The number of aryl methyl sites for hydroxylation is 1. The molecule has 3 nitrogen and oxygen atoms in total. The SMILES string of the molecule is Cc1cc(C(=O)OO)ccc1C=Cc1ccccc1. The van der Waals surface area contributed by atoms with E-state index in [0.717, 1.165) is 16.7 Å². The summed E-state index contributed by atoms with van der Waals surface area (Å²) in [6, 6.07) is 15.1. The van der Waals surface area contributed by atoms with Crippen LogP contribution in [0.4, 0.5) is 0 Å². The Morgan fingerprint density at radius 2 is 1.84 bits per heavy atom. The molecule has 0 heterocycles. The summed E-state index contributed by atoms with van der Waals surface area (Å²) in [6.45, 7) is 1.90. The van der Waals surface area contributed by atoms with E-state index in [4.69, 9.17) is 5.26 Å². The van der Waals surface area contributed by atoms with Crippen molar-refractivity contribution in [3.8, 4) is 0 Å². The van der Waals surface area contributed by atoms with Gasteiger partial charge in [0.1, 0.15) is 0 Å². The molecule has 0 spiro atoms. The lowest BCUT2D eigenvalue weighted by Gasteiger charge is -2.03. The Balaban J connectivity index is 2.22. The van der Waals surface area contributed by atoms with E-state index in [2.05, 4.69) is 4.89 Å². The molecule has 0 bridgehead atoms. The zero-order valence-corrected chi connectivity index (χ0v) is 10.5. The van der Waals surface area contributed by atoms with Crippen LogP contribution in [0.3, 0.4) is 0 Å². The Bertz CT molecular complexity index is 601. The lowest BCUT2D eigenvalue weighted by atomic mass is 10.0. The van der Waals surface area contributed by atoms with E-state index in [1.807, 2.05) is 55.5 Å². The van der Waals surface area contributed by atoms with Crippen LogP contribution in [0.15, 0.2) is 48.5 Å². The predicted octanol–water partition coefficient (Wildman–Crippen LogP) is 3.80. The van der Waals surface area contributed by atoms with E-state index in [0.29, 0.717) is 5.56 Å². The molecule has 2 aromatic carbocycles. The van der Waals surface area contributed by atoms with E-state index in [1.165, 1.54) is 0 Å². The van der Waals surface area contributed by atoms with Gasteiger partial charge in [0.05, 0.1) is 5.56 Å². The maximum absolute atomic E-state index is 11.2. The molecule has 0 amide bonds. The first kappa shape index (κ1) is 13.1. The molecular formula is C16H14O3. The molecule has 0 aromatic heterocycles. The number of hydrogen-bond donors (Lipinski definition) is 1. The van der Waals surface area contributed by atoms with Gasteiger partial charge in [-0.1, -0.05) is 48.6 Å². The zero-order valence-electron chi connectivity index (χ0n) is 10.5. The van der Waals surface area contributed by atoms with Gasteiger partial charge < -0.3 is 0 Å². The molecule has 0 saturated carbocycles. The van der Waals surface area contributed by atoms with Crippen LogP contribution in [0.2, 0.25) is 0 Å². The third-order valence-corrected chi connectivity index (χ3v) is 2.84. The lowest BCUT2D eigenvalue weighted by molar-refractivity contribution is -0.182. The van der Waals surface area contributed by atoms with E-state index in [-0.39, 0.29) is 0 Å². The van der Waals surface area contributed by atoms with Crippen molar-refractivity contribution in [2.24, 2.45) is 0 Å². The fourth-order valence-electron chi connectivity index (χ4n) is 1.79. The average Bonchev–Trinajstić information content (AvgIpc) is 2.46. The van der Waals surface area contributed by atoms with Crippen LogP contribution in [0.1, 0.15) is 27.0 Å². The smallest absolute Gasteiger partial charge is 0.296 e. The normalized spacial score (nSPS) is 10.6. The first-order chi connectivity index (χ1) is 9.20. The summed E-state index contributed by atoms with van der Waals surface area (Å²) in [7, 11) is 0. The van der Waals surface area contributed by atoms with Gasteiger partial charge in [0.15, 0.2) is 0 Å². The Kier molecular flexibility index (Phi) is 4.11. The first-order valence-electron chi connectivity index (χ1n) is 5.90. The van der Waals surface area contributed by atoms with Crippen LogP contribution < -0.4 is 0 Å². The van der Waals surface area contributed by atoms with Crippen molar-refractivity contribution in [3.05, 3.63) is 70.8 Å². The molecule has 0 aliphatic carbocycles. The fourth-order valence-corrected chi connectivity index (χ4v) is 1.79. The second-order valence-corrected chi connectivity index (χ2v) is 4.19. The zero-order chi connectivity index (χ0) is 13.7. The number of carbonyl (C=O) groups is 1. The van der Waals surface area contributed by atoms with E-state index >= 15 is 0 Å². The standard InChI is InChI=1S/C16H14O3/c1-12-11-15(16(17)19-18)10-9-14(12)8-7-13-5-3-2-4-6-13/h2-11,18H,1H3. The van der Waals surface area contributed by atoms with Crippen LogP contribution in [-0.2, 0) is 4.89 Å². The molecule has 2 aromatic rings. The predicted molar refractivity (Wildman–Crippen MR) is 74.6 cm³/mol. The van der Waals surface area contributed by atoms with Crippen LogP contribution >= 0.6 is 0 Å². The van der Waals surface area contributed by atoms with Crippen molar-refractivity contribution in [2.45, 2.75) is 6.92 Å². The molecule has 0 aliphatic heterocycles. The minimum atomic E-state index is -0.748. The molecule has 0 unspecified atom stereocenters. The highest BCUT2D eigenvalue weighted by atomic mass is 17.1. The molecule has 3 heteroatoms. The summed E-state index contributed by atoms with van der Waals surface area (Å²) in [4.78, 5) is 14.9. The largest absolute Gasteiger partial charge is 0.372 e. The van der Waals surface area contributed by atoms with Gasteiger partial charge in [0.25, 0.3) is 0 Å². The van der Waals surface area contributed by atoms with Gasteiger partial charge >= 0.3 is 5.97 Å². The summed E-state index contributed by atoms with van der Waals surface area (Å²) in [5.41, 5.74) is 3.39. The highest BCUT2D eigenvalue weighted by Gasteiger charge is 2.07. The molecular weight excluding hydrogens is 240 g/mol. The molecule has 0 saturated heterocycles. The number of hydrogen-bond acceptors (Lipinski definition) is 3. The fraction of sp³-hybridized carbons (Fsp3) is 0.0625. The van der Waals surface area contributed by atoms with Gasteiger partial charge in [-0.3, -0.25) is 4.89 Å². The molecule has 1 N–H and O–H groups in total. The molecule has 0 radical (unpaired) electrons. The number of benzene rings is 2. The molecule has 0 aliphatic rings. The van der Waals surface area contributed by atoms with Crippen molar-refractivity contribution < 1.29 is 14.9 Å². The number of rotatable bonds is 3. The van der Waals surface area contributed by atoms with Crippen LogP contribution in [0.5, 0.6) is 0 Å². The summed E-state index contributed by atoms with van der Waals surface area (Å²) in [6.07, 6.45) is 3.99. The summed E-state index contributed by atoms with van der Waals surface area (Å²) >= 11 is 0. The third-order valence-electron chi connectivity index (χ3n) is 2.84. The van der Waals surface area contributed by atoms with Crippen molar-refractivity contribution in [1.29, 1.82) is 0 Å². The van der Waals surface area contributed by atoms with Crippen LogP contribution in [0.25, 0.3) is 12.2 Å². The van der Waals surface area contributed by atoms with E-state index in [9.17, 15) is 4.79 Å². The highest BCUT2D eigenvalue weighted by molar-refractivity contribution is 5.89. The van der Waals surface area contributed by atoms with Gasteiger partial charge in [-0.25, -0.2) is 4.79 Å². The van der Waals surface area contributed by atoms with Crippen molar-refractivity contribution in [3.63, 3.8) is 0 Å². The minimum Gasteiger partial charge on any atom is -0.296 e. The Morgan fingerprint density at radius 3 is 2.47 bits per heavy atom. The van der Waals surface area contributed by atoms with Gasteiger partial charge in [-0.15, -0.1) is 0 Å². The second-order valence-electron chi connectivity index (χ2n) is 4.19. The quantitative estimate of drug-likeness (QED) is 0.515. The minimum absolute atomic E-state index is 0.330. The van der Waals surface area contributed by atoms with Crippen LogP contribution in [0, 0.1) is 6.92 Å². The second kappa shape index (κ2) is 5.98. The maximum atomic E-state index is 11.2. The number of carbonyl (C=O) groups excluding carboxylic acids is 1. The van der Waals surface area contributed by atoms with Crippen LogP contribution in [-0.4, -0.2) is 11.2 Å². The molecule has 0 atom stereocenters. The molecule has 96 valence electrons. The Morgan fingerprint density at radius 1 is 1.11 bits per heavy atom. The Labute approximate surface area is 111 Å². The topological polar surface area (TPSA) is 46.5 Å². The maximum Gasteiger partial charge on any atom is 0.372 e. The van der Waals surface area contributed by atoms with Crippen molar-refractivity contribution in [1.82, 2.24) is 0 Å².